The third-order valence-electron chi connectivity index (χ3n) is 1.65. The van der Waals surface area contributed by atoms with Crippen molar-refractivity contribution in [2.45, 2.75) is 13.3 Å². The van der Waals surface area contributed by atoms with Crippen LogP contribution in [-0.2, 0) is 4.79 Å². The Morgan fingerprint density at radius 2 is 2.43 bits per heavy atom. The number of carbonyl (C=O) groups is 1. The number of pyridine rings is 1. The van der Waals surface area contributed by atoms with Gasteiger partial charge in [-0.25, -0.2) is 0 Å². The second kappa shape index (κ2) is 4.66. The quantitative estimate of drug-likeness (QED) is 0.729. The van der Waals surface area contributed by atoms with E-state index in [1.54, 1.807) is 12.4 Å². The van der Waals surface area contributed by atoms with Crippen LogP contribution in [0.2, 0.25) is 0 Å². The van der Waals surface area contributed by atoms with Gasteiger partial charge in [0.25, 0.3) is 0 Å². The molecule has 0 spiro atoms. The highest BCUT2D eigenvalue weighted by atomic mass is 32.1. The minimum Gasteiger partial charge on any atom is -0.393 e. The Kier molecular flexibility index (Phi) is 3.53. The molecule has 4 nitrogen and oxygen atoms in total. The lowest BCUT2D eigenvalue weighted by molar-refractivity contribution is -0.115. The van der Waals surface area contributed by atoms with Gasteiger partial charge in [-0.2, -0.15) is 0 Å². The van der Waals surface area contributed by atoms with E-state index in [0.29, 0.717) is 5.69 Å². The number of amides is 1. The number of aryl methyl sites for hydroxylation is 1. The van der Waals surface area contributed by atoms with Crippen molar-refractivity contribution in [2.75, 3.05) is 5.32 Å². The predicted molar refractivity (Wildman–Crippen MR) is 59.0 cm³/mol. The molecule has 0 fully saturated rings. The van der Waals surface area contributed by atoms with E-state index in [0.717, 1.165) is 5.56 Å². The fraction of sp³-hybridized carbons (Fsp3) is 0.222. The second-order valence-electron chi connectivity index (χ2n) is 2.88. The molecule has 0 aromatic carbocycles. The van der Waals surface area contributed by atoms with Gasteiger partial charge >= 0.3 is 0 Å². The van der Waals surface area contributed by atoms with Gasteiger partial charge in [0.1, 0.15) is 0 Å². The summed E-state index contributed by atoms with van der Waals surface area (Å²) in [5, 5.41) is 2.67. The number of hydrogen-bond donors (Lipinski definition) is 2. The van der Waals surface area contributed by atoms with Gasteiger partial charge in [-0.3, -0.25) is 9.78 Å². The number of nitrogens with two attached hydrogens (primary N) is 1. The van der Waals surface area contributed by atoms with Crippen LogP contribution in [0.15, 0.2) is 18.5 Å². The van der Waals surface area contributed by atoms with Crippen molar-refractivity contribution in [3.05, 3.63) is 24.0 Å². The van der Waals surface area contributed by atoms with Crippen LogP contribution in [0.25, 0.3) is 0 Å². The van der Waals surface area contributed by atoms with E-state index in [1.165, 1.54) is 0 Å². The van der Waals surface area contributed by atoms with Gasteiger partial charge in [-0.15, -0.1) is 0 Å². The summed E-state index contributed by atoms with van der Waals surface area (Å²) in [6, 6.07) is 1.82. The van der Waals surface area contributed by atoms with E-state index in [9.17, 15) is 4.79 Å². The Labute approximate surface area is 87.5 Å². The van der Waals surface area contributed by atoms with Crippen molar-refractivity contribution in [1.29, 1.82) is 0 Å². The summed E-state index contributed by atoms with van der Waals surface area (Å²) < 4.78 is 0. The minimum atomic E-state index is -0.214. The highest BCUT2D eigenvalue weighted by molar-refractivity contribution is 7.80. The first kappa shape index (κ1) is 10.6. The topological polar surface area (TPSA) is 68.0 Å². The highest BCUT2D eigenvalue weighted by Crippen LogP contribution is 2.11. The number of anilines is 1. The first-order valence-electron chi connectivity index (χ1n) is 4.08. The third-order valence-corrected chi connectivity index (χ3v) is 1.79. The molecule has 0 saturated heterocycles. The molecule has 1 amide bonds. The van der Waals surface area contributed by atoms with E-state index < -0.39 is 0 Å². The number of rotatable bonds is 3. The summed E-state index contributed by atoms with van der Waals surface area (Å²) >= 11 is 4.62. The van der Waals surface area contributed by atoms with E-state index >= 15 is 0 Å². The van der Waals surface area contributed by atoms with Gasteiger partial charge < -0.3 is 11.1 Å². The molecule has 14 heavy (non-hydrogen) atoms. The molecule has 0 unspecified atom stereocenters. The molecule has 0 bridgehead atoms. The Bertz CT molecular complexity index is 365. The summed E-state index contributed by atoms with van der Waals surface area (Å²) in [6.07, 6.45) is 3.31. The fourth-order valence-electron chi connectivity index (χ4n) is 0.948. The molecule has 1 heterocycles. The number of thiocarbonyl (C=S) groups is 1. The van der Waals surface area contributed by atoms with Gasteiger partial charge in [-0.1, -0.05) is 12.2 Å². The van der Waals surface area contributed by atoms with Crippen LogP contribution in [0.4, 0.5) is 5.69 Å². The zero-order valence-corrected chi connectivity index (χ0v) is 8.60. The third kappa shape index (κ3) is 3.10. The first-order chi connectivity index (χ1) is 6.59. The Morgan fingerprint density at radius 1 is 1.71 bits per heavy atom. The van der Waals surface area contributed by atoms with Crippen LogP contribution in [0.5, 0.6) is 0 Å². The number of nitrogens with one attached hydrogen (secondary N) is 1. The normalized spacial score (nSPS) is 9.50. The van der Waals surface area contributed by atoms with E-state index in [4.69, 9.17) is 5.73 Å². The predicted octanol–water partition coefficient (Wildman–Crippen LogP) is 1.00. The number of hydrogen-bond acceptors (Lipinski definition) is 3. The van der Waals surface area contributed by atoms with Crippen LogP contribution >= 0.6 is 12.2 Å². The lowest BCUT2D eigenvalue weighted by atomic mass is 10.2. The zero-order valence-electron chi connectivity index (χ0n) is 7.78. The molecule has 0 aliphatic carbocycles. The molecule has 0 atom stereocenters. The van der Waals surface area contributed by atoms with Gasteiger partial charge in [0.15, 0.2) is 0 Å². The van der Waals surface area contributed by atoms with Crippen LogP contribution in [0, 0.1) is 6.92 Å². The maximum atomic E-state index is 11.3. The summed E-state index contributed by atoms with van der Waals surface area (Å²) in [5.74, 6) is -0.214. The SMILES string of the molecule is Cc1ccncc1NC(=O)CC(N)=S. The van der Waals surface area contributed by atoms with Gasteiger partial charge in [0, 0.05) is 6.20 Å². The molecule has 0 aliphatic rings. The Morgan fingerprint density at radius 3 is 3.00 bits per heavy atom. The monoisotopic (exact) mass is 209 g/mol. The van der Waals surface area contributed by atoms with Crippen LogP contribution in [0.1, 0.15) is 12.0 Å². The largest absolute Gasteiger partial charge is 0.393 e. The average molecular weight is 209 g/mol. The van der Waals surface area contributed by atoms with Crippen molar-refractivity contribution in [3.8, 4) is 0 Å². The molecule has 1 aromatic rings. The van der Waals surface area contributed by atoms with Crippen molar-refractivity contribution >= 4 is 28.8 Å². The van der Waals surface area contributed by atoms with Gasteiger partial charge in [-0.05, 0) is 18.6 Å². The Balaban J connectivity index is 2.65. The average Bonchev–Trinajstić information content (AvgIpc) is 2.07. The standard InChI is InChI=1S/C9H11N3OS/c1-6-2-3-11-5-7(6)12-9(13)4-8(10)14/h2-3,5H,4H2,1H3,(H2,10,14)(H,12,13). The summed E-state index contributed by atoms with van der Waals surface area (Å²) in [7, 11) is 0. The Hall–Kier alpha value is -1.49. The molecule has 0 radical (unpaired) electrons. The molecular formula is C9H11N3OS. The number of carbonyl (C=O) groups excluding carboxylic acids is 1. The molecular weight excluding hydrogens is 198 g/mol. The molecule has 0 aliphatic heterocycles. The van der Waals surface area contributed by atoms with E-state index in [-0.39, 0.29) is 17.3 Å². The maximum Gasteiger partial charge on any atom is 0.231 e. The second-order valence-corrected chi connectivity index (χ2v) is 3.41. The van der Waals surface area contributed by atoms with Gasteiger partial charge in [0.05, 0.1) is 23.3 Å². The number of nitrogens with zero attached hydrogens (tertiary/aromatic N) is 1. The summed E-state index contributed by atoms with van der Waals surface area (Å²) in [6.45, 7) is 1.89. The first-order valence-corrected chi connectivity index (χ1v) is 4.49. The molecule has 0 saturated carbocycles. The lowest BCUT2D eigenvalue weighted by Crippen LogP contribution is -2.20. The van der Waals surface area contributed by atoms with Gasteiger partial charge in [0.2, 0.25) is 5.91 Å². The summed E-state index contributed by atoms with van der Waals surface area (Å²) in [5.41, 5.74) is 6.88. The number of aromatic nitrogens is 1. The maximum absolute atomic E-state index is 11.3. The fourth-order valence-corrected chi connectivity index (χ4v) is 1.08. The minimum absolute atomic E-state index is 0.0592. The van der Waals surface area contributed by atoms with Crippen molar-refractivity contribution in [1.82, 2.24) is 4.98 Å². The molecule has 74 valence electrons. The lowest BCUT2D eigenvalue weighted by Gasteiger charge is -2.06. The summed E-state index contributed by atoms with van der Waals surface area (Å²) in [4.78, 5) is 15.4. The molecule has 3 N–H and O–H groups in total. The van der Waals surface area contributed by atoms with Crippen molar-refractivity contribution in [3.63, 3.8) is 0 Å². The molecule has 5 heteroatoms. The van der Waals surface area contributed by atoms with Crippen LogP contribution in [0.3, 0.4) is 0 Å². The van der Waals surface area contributed by atoms with E-state index in [2.05, 4.69) is 22.5 Å². The highest BCUT2D eigenvalue weighted by Gasteiger charge is 2.05. The molecule has 1 aromatic heterocycles. The van der Waals surface area contributed by atoms with Crippen molar-refractivity contribution < 1.29 is 4.79 Å². The van der Waals surface area contributed by atoms with Crippen LogP contribution in [-0.4, -0.2) is 15.9 Å². The smallest absolute Gasteiger partial charge is 0.231 e. The van der Waals surface area contributed by atoms with Crippen molar-refractivity contribution in [2.24, 2.45) is 5.73 Å². The zero-order chi connectivity index (χ0) is 10.6. The molecule has 1 rings (SSSR count). The van der Waals surface area contributed by atoms with E-state index in [1.807, 2.05) is 13.0 Å². The van der Waals surface area contributed by atoms with Crippen LogP contribution < -0.4 is 11.1 Å².